The van der Waals surface area contributed by atoms with Gasteiger partial charge in [0.15, 0.2) is 11.5 Å². The molecule has 2 aromatic carbocycles. The number of ether oxygens (including phenoxy) is 1. The fourth-order valence-electron chi connectivity index (χ4n) is 2.07. The molecule has 3 rings (SSSR count). The summed E-state index contributed by atoms with van der Waals surface area (Å²) in [6.07, 6.45) is 3.14. The Kier molecular flexibility index (Phi) is 5.57. The van der Waals surface area contributed by atoms with Crippen LogP contribution in [0.15, 0.2) is 59.0 Å². The zero-order chi connectivity index (χ0) is 17.6. The molecule has 0 fully saturated rings. The number of phenolic OH excluding ortho intramolecular Hbond substituents is 1. The third kappa shape index (κ3) is 4.32. The van der Waals surface area contributed by atoms with E-state index in [9.17, 15) is 5.11 Å². The van der Waals surface area contributed by atoms with E-state index in [4.69, 9.17) is 16.3 Å². The lowest BCUT2D eigenvalue weighted by Crippen LogP contribution is -1.93. The van der Waals surface area contributed by atoms with Crippen molar-refractivity contribution in [3.8, 4) is 11.5 Å². The number of aromatic nitrogens is 3. The van der Waals surface area contributed by atoms with Gasteiger partial charge in [-0.2, -0.15) is 9.78 Å². The molecule has 0 radical (unpaired) electrons. The van der Waals surface area contributed by atoms with Crippen LogP contribution in [0.2, 0.25) is 5.02 Å². The molecule has 0 aliphatic heterocycles. The first-order chi connectivity index (χ1) is 12.2. The van der Waals surface area contributed by atoms with Crippen molar-refractivity contribution < 1.29 is 9.84 Å². The molecule has 8 heteroatoms. The molecule has 0 amide bonds. The number of thioether (sulfide) groups is 1. The molecule has 0 aliphatic carbocycles. The van der Waals surface area contributed by atoms with Crippen LogP contribution in [0.4, 0.5) is 0 Å². The molecular formula is C17H15ClN4O2S. The van der Waals surface area contributed by atoms with Gasteiger partial charge >= 0.3 is 0 Å². The Labute approximate surface area is 154 Å². The van der Waals surface area contributed by atoms with Gasteiger partial charge in [-0.3, -0.25) is 0 Å². The van der Waals surface area contributed by atoms with E-state index in [1.807, 2.05) is 24.3 Å². The maximum atomic E-state index is 9.80. The third-order valence-electron chi connectivity index (χ3n) is 3.35. The SMILES string of the molecule is COc1ccc(/C=N/n2cnnc2SCc2ccccc2Cl)cc1O. The summed E-state index contributed by atoms with van der Waals surface area (Å²) in [7, 11) is 1.50. The number of benzene rings is 2. The van der Waals surface area contributed by atoms with Crippen LogP contribution < -0.4 is 4.74 Å². The van der Waals surface area contributed by atoms with E-state index >= 15 is 0 Å². The van der Waals surface area contributed by atoms with Crippen LogP contribution in [0.1, 0.15) is 11.1 Å². The van der Waals surface area contributed by atoms with Gasteiger partial charge in [0.25, 0.3) is 0 Å². The van der Waals surface area contributed by atoms with Crippen LogP contribution in [0.5, 0.6) is 11.5 Å². The number of hydrogen-bond acceptors (Lipinski definition) is 6. The summed E-state index contributed by atoms with van der Waals surface area (Å²) in [5, 5.41) is 23.5. The fourth-order valence-corrected chi connectivity index (χ4v) is 3.22. The van der Waals surface area contributed by atoms with Gasteiger partial charge in [0.1, 0.15) is 6.33 Å². The van der Waals surface area contributed by atoms with Crippen molar-refractivity contribution in [3.05, 3.63) is 64.9 Å². The van der Waals surface area contributed by atoms with Crippen molar-refractivity contribution >= 4 is 29.6 Å². The van der Waals surface area contributed by atoms with Gasteiger partial charge in [-0.25, -0.2) is 0 Å². The van der Waals surface area contributed by atoms with Gasteiger partial charge in [-0.05, 0) is 35.4 Å². The molecule has 0 spiro atoms. The van der Waals surface area contributed by atoms with E-state index in [0.717, 1.165) is 16.1 Å². The Balaban J connectivity index is 1.71. The Morgan fingerprint density at radius 3 is 2.92 bits per heavy atom. The highest BCUT2D eigenvalue weighted by Crippen LogP contribution is 2.26. The van der Waals surface area contributed by atoms with E-state index in [0.29, 0.717) is 16.7 Å². The number of halogens is 1. The Morgan fingerprint density at radius 1 is 1.32 bits per heavy atom. The molecular weight excluding hydrogens is 360 g/mol. The van der Waals surface area contributed by atoms with Gasteiger partial charge in [-0.1, -0.05) is 41.6 Å². The molecule has 1 heterocycles. The maximum absolute atomic E-state index is 9.80. The summed E-state index contributed by atoms with van der Waals surface area (Å²) < 4.78 is 6.59. The van der Waals surface area contributed by atoms with Crippen molar-refractivity contribution in [1.82, 2.24) is 14.9 Å². The Morgan fingerprint density at radius 2 is 2.16 bits per heavy atom. The second-order valence-corrected chi connectivity index (χ2v) is 6.36. The van der Waals surface area contributed by atoms with Crippen LogP contribution in [-0.2, 0) is 5.75 Å². The summed E-state index contributed by atoms with van der Waals surface area (Å²) >= 11 is 7.65. The molecule has 0 bridgehead atoms. The number of phenols is 1. The quantitative estimate of drug-likeness (QED) is 0.524. The maximum Gasteiger partial charge on any atom is 0.212 e. The fraction of sp³-hybridized carbons (Fsp3) is 0.118. The second kappa shape index (κ2) is 8.04. The molecule has 6 nitrogen and oxygen atoms in total. The summed E-state index contributed by atoms with van der Waals surface area (Å²) in [6, 6.07) is 12.7. The molecule has 1 aromatic heterocycles. The van der Waals surface area contributed by atoms with E-state index in [1.54, 1.807) is 29.1 Å². The highest BCUT2D eigenvalue weighted by atomic mass is 35.5. The average molecular weight is 375 g/mol. The Hall–Kier alpha value is -2.51. The zero-order valence-corrected chi connectivity index (χ0v) is 14.9. The topological polar surface area (TPSA) is 72.5 Å². The van der Waals surface area contributed by atoms with E-state index in [2.05, 4.69) is 15.3 Å². The van der Waals surface area contributed by atoms with Crippen molar-refractivity contribution in [2.45, 2.75) is 10.9 Å². The molecule has 3 aromatic rings. The summed E-state index contributed by atoms with van der Waals surface area (Å²) in [4.78, 5) is 0. The minimum atomic E-state index is 0.0588. The highest BCUT2D eigenvalue weighted by Gasteiger charge is 2.07. The normalized spacial score (nSPS) is 11.1. The first-order valence-electron chi connectivity index (χ1n) is 7.35. The van der Waals surface area contributed by atoms with Crippen molar-refractivity contribution in [3.63, 3.8) is 0 Å². The van der Waals surface area contributed by atoms with Crippen LogP contribution in [0, 0.1) is 0 Å². The summed E-state index contributed by atoms with van der Waals surface area (Å²) in [5.74, 6) is 1.14. The molecule has 0 saturated heterocycles. The predicted molar refractivity (Wildman–Crippen MR) is 98.7 cm³/mol. The number of rotatable bonds is 6. The molecule has 0 aliphatic rings. The molecule has 0 atom stereocenters. The van der Waals surface area contributed by atoms with Crippen molar-refractivity contribution in [2.24, 2.45) is 5.10 Å². The first-order valence-corrected chi connectivity index (χ1v) is 8.71. The van der Waals surface area contributed by atoms with E-state index in [1.165, 1.54) is 25.2 Å². The van der Waals surface area contributed by atoms with Gasteiger partial charge in [0.2, 0.25) is 5.16 Å². The molecule has 128 valence electrons. The van der Waals surface area contributed by atoms with Crippen molar-refractivity contribution in [1.29, 1.82) is 0 Å². The third-order valence-corrected chi connectivity index (χ3v) is 4.70. The Bertz CT molecular complexity index is 898. The first kappa shape index (κ1) is 17.3. The summed E-state index contributed by atoms with van der Waals surface area (Å²) in [6.45, 7) is 0. The molecule has 1 N–H and O–H groups in total. The number of nitrogens with zero attached hydrogens (tertiary/aromatic N) is 4. The van der Waals surface area contributed by atoms with Gasteiger partial charge in [0, 0.05) is 10.8 Å². The zero-order valence-electron chi connectivity index (χ0n) is 13.3. The summed E-state index contributed by atoms with van der Waals surface area (Å²) in [5.41, 5.74) is 1.75. The smallest absolute Gasteiger partial charge is 0.212 e. The van der Waals surface area contributed by atoms with Crippen LogP contribution >= 0.6 is 23.4 Å². The van der Waals surface area contributed by atoms with E-state index < -0.39 is 0 Å². The minimum Gasteiger partial charge on any atom is -0.504 e. The van der Waals surface area contributed by atoms with Crippen molar-refractivity contribution in [2.75, 3.05) is 7.11 Å². The lowest BCUT2D eigenvalue weighted by molar-refractivity contribution is 0.373. The number of aromatic hydroxyl groups is 1. The lowest BCUT2D eigenvalue weighted by Gasteiger charge is -2.04. The second-order valence-electron chi connectivity index (χ2n) is 5.01. The number of hydrogen-bond donors (Lipinski definition) is 1. The largest absolute Gasteiger partial charge is 0.504 e. The molecule has 0 unspecified atom stereocenters. The van der Waals surface area contributed by atoms with Gasteiger partial charge < -0.3 is 9.84 Å². The monoisotopic (exact) mass is 374 g/mol. The average Bonchev–Trinajstić information content (AvgIpc) is 3.07. The highest BCUT2D eigenvalue weighted by molar-refractivity contribution is 7.98. The standard InChI is InChI=1S/C17H15ClN4O2S/c1-24-16-7-6-12(8-15(16)23)9-20-22-11-19-21-17(22)25-10-13-4-2-3-5-14(13)18/h2-9,11,23H,10H2,1H3/b20-9+. The number of methoxy groups -OCH3 is 1. The van der Waals surface area contributed by atoms with Crippen LogP contribution in [-0.4, -0.2) is 33.3 Å². The van der Waals surface area contributed by atoms with Crippen LogP contribution in [0.3, 0.4) is 0 Å². The van der Waals surface area contributed by atoms with Gasteiger partial charge in [-0.15, -0.1) is 10.2 Å². The van der Waals surface area contributed by atoms with Gasteiger partial charge in [0.05, 0.1) is 13.3 Å². The predicted octanol–water partition coefficient (Wildman–Crippen LogP) is 3.82. The molecule has 0 saturated carbocycles. The lowest BCUT2D eigenvalue weighted by atomic mass is 10.2. The molecule has 25 heavy (non-hydrogen) atoms. The van der Waals surface area contributed by atoms with Crippen LogP contribution in [0.25, 0.3) is 0 Å². The minimum absolute atomic E-state index is 0.0588. The van der Waals surface area contributed by atoms with E-state index in [-0.39, 0.29) is 5.75 Å².